The van der Waals surface area contributed by atoms with Crippen molar-refractivity contribution in [2.24, 2.45) is 0 Å². The van der Waals surface area contributed by atoms with Crippen LogP contribution in [0.4, 0.5) is 0 Å². The van der Waals surface area contributed by atoms with E-state index < -0.39 is 5.97 Å². The molecule has 2 N–H and O–H groups in total. The zero-order chi connectivity index (χ0) is 23.2. The molecule has 0 aliphatic carbocycles. The van der Waals surface area contributed by atoms with E-state index in [-0.39, 0.29) is 5.56 Å². The molecule has 0 bridgehead atoms. The molecule has 0 amide bonds. The highest BCUT2D eigenvalue weighted by atomic mass is 16.5. The van der Waals surface area contributed by atoms with Crippen LogP contribution in [0, 0.1) is 11.8 Å². The Bertz CT molecular complexity index is 1330. The summed E-state index contributed by atoms with van der Waals surface area (Å²) in [6, 6.07) is 21.3. The lowest BCUT2D eigenvalue weighted by atomic mass is 9.93. The number of carbonyl (C=O) groups is 1. The topological polar surface area (TPSA) is 65.6 Å². The standard InChI is InChI=1S/C28H26N2O3/c1-30(16-17-33-2)19-21-8-6-20(7-9-21)10-11-23-4-3-5-25(28(31)32)27(23)24-13-12-22-14-15-29-26(22)18-24/h3-9,12-15,18,29H,16-17,19H2,1-2H3,(H,31,32). The minimum Gasteiger partial charge on any atom is -0.478 e. The Morgan fingerprint density at radius 3 is 2.64 bits per heavy atom. The number of hydrogen-bond acceptors (Lipinski definition) is 3. The first kappa shape index (κ1) is 22.3. The van der Waals surface area contributed by atoms with Crippen LogP contribution >= 0.6 is 0 Å². The average molecular weight is 439 g/mol. The smallest absolute Gasteiger partial charge is 0.336 e. The molecular formula is C28H26N2O3. The van der Waals surface area contributed by atoms with Gasteiger partial charge in [0.05, 0.1) is 12.2 Å². The molecule has 0 saturated heterocycles. The molecule has 0 radical (unpaired) electrons. The van der Waals surface area contributed by atoms with Gasteiger partial charge in [0, 0.05) is 48.6 Å². The maximum atomic E-state index is 12.0. The van der Waals surface area contributed by atoms with Crippen molar-refractivity contribution in [1.29, 1.82) is 0 Å². The molecule has 1 aromatic heterocycles. The number of likely N-dealkylation sites (N-methyl/N-ethyl adjacent to an activating group) is 1. The number of rotatable bonds is 7. The average Bonchev–Trinajstić information content (AvgIpc) is 3.30. The number of nitrogens with one attached hydrogen (secondary N) is 1. The zero-order valence-corrected chi connectivity index (χ0v) is 18.8. The minimum atomic E-state index is -0.970. The molecule has 0 aliphatic heterocycles. The molecule has 0 saturated carbocycles. The van der Waals surface area contributed by atoms with Gasteiger partial charge in [0.25, 0.3) is 0 Å². The first-order valence-electron chi connectivity index (χ1n) is 10.8. The molecule has 0 spiro atoms. The fourth-order valence-electron chi connectivity index (χ4n) is 3.82. The van der Waals surface area contributed by atoms with Gasteiger partial charge in [-0.3, -0.25) is 4.90 Å². The van der Waals surface area contributed by atoms with E-state index in [4.69, 9.17) is 4.74 Å². The van der Waals surface area contributed by atoms with Crippen molar-refractivity contribution in [1.82, 2.24) is 9.88 Å². The fourth-order valence-corrected chi connectivity index (χ4v) is 3.82. The molecule has 5 heteroatoms. The number of ether oxygens (including phenoxy) is 1. The van der Waals surface area contributed by atoms with Gasteiger partial charge in [-0.25, -0.2) is 4.79 Å². The summed E-state index contributed by atoms with van der Waals surface area (Å²) in [5.41, 5.74) is 5.41. The Balaban J connectivity index is 1.64. The van der Waals surface area contributed by atoms with E-state index in [1.165, 1.54) is 5.56 Å². The summed E-state index contributed by atoms with van der Waals surface area (Å²) in [6.45, 7) is 2.41. The third-order valence-electron chi connectivity index (χ3n) is 5.56. The van der Waals surface area contributed by atoms with Gasteiger partial charge in [0.15, 0.2) is 0 Å². The first-order valence-corrected chi connectivity index (χ1v) is 10.8. The summed E-state index contributed by atoms with van der Waals surface area (Å²) in [5, 5.41) is 10.9. The maximum absolute atomic E-state index is 12.0. The van der Waals surface area contributed by atoms with Crippen molar-refractivity contribution in [3.8, 4) is 23.0 Å². The Morgan fingerprint density at radius 1 is 1.06 bits per heavy atom. The molecule has 4 aromatic rings. The highest BCUT2D eigenvalue weighted by Gasteiger charge is 2.15. The molecule has 0 atom stereocenters. The van der Waals surface area contributed by atoms with Crippen LogP contribution in [0.2, 0.25) is 0 Å². The second-order valence-electron chi connectivity index (χ2n) is 7.99. The molecule has 0 fully saturated rings. The number of benzene rings is 3. The van der Waals surface area contributed by atoms with Crippen molar-refractivity contribution >= 4 is 16.9 Å². The van der Waals surface area contributed by atoms with Gasteiger partial charge in [-0.1, -0.05) is 42.2 Å². The molecular weight excluding hydrogens is 412 g/mol. The zero-order valence-electron chi connectivity index (χ0n) is 18.8. The van der Waals surface area contributed by atoms with Gasteiger partial charge in [-0.15, -0.1) is 0 Å². The number of fused-ring (bicyclic) bond motifs is 1. The summed E-state index contributed by atoms with van der Waals surface area (Å²) in [5.74, 6) is 5.43. The van der Waals surface area contributed by atoms with Crippen LogP contribution in [0.15, 0.2) is 72.9 Å². The fraction of sp³-hybridized carbons (Fsp3) is 0.179. The van der Waals surface area contributed by atoms with Crippen LogP contribution < -0.4 is 0 Å². The van der Waals surface area contributed by atoms with E-state index in [1.54, 1.807) is 19.2 Å². The number of hydrogen-bond donors (Lipinski definition) is 2. The number of H-pyrrole nitrogens is 1. The monoisotopic (exact) mass is 438 g/mol. The third-order valence-corrected chi connectivity index (χ3v) is 5.56. The van der Waals surface area contributed by atoms with E-state index in [0.29, 0.717) is 17.7 Å². The molecule has 3 aromatic carbocycles. The lowest BCUT2D eigenvalue weighted by Gasteiger charge is -2.15. The third kappa shape index (κ3) is 5.32. The lowest BCUT2D eigenvalue weighted by Crippen LogP contribution is -2.22. The summed E-state index contributed by atoms with van der Waals surface area (Å²) >= 11 is 0. The molecule has 5 nitrogen and oxygen atoms in total. The molecule has 4 rings (SSSR count). The number of nitrogens with zero attached hydrogens (tertiary/aromatic N) is 1. The highest BCUT2D eigenvalue weighted by Crippen LogP contribution is 2.30. The van der Waals surface area contributed by atoms with Gasteiger partial charge in [0.2, 0.25) is 0 Å². The number of carboxylic acid groups (broad SMARTS) is 1. The van der Waals surface area contributed by atoms with Gasteiger partial charge >= 0.3 is 5.97 Å². The highest BCUT2D eigenvalue weighted by molar-refractivity contribution is 5.99. The summed E-state index contributed by atoms with van der Waals surface area (Å²) < 4.78 is 5.13. The Hall–Kier alpha value is -3.85. The van der Waals surface area contributed by atoms with Crippen LogP contribution in [0.5, 0.6) is 0 Å². The van der Waals surface area contributed by atoms with Gasteiger partial charge in [0.1, 0.15) is 0 Å². The SMILES string of the molecule is COCCN(C)Cc1ccc(C#Cc2cccc(C(=O)O)c2-c2ccc3cc[nH]c3c2)cc1. The largest absolute Gasteiger partial charge is 0.478 e. The Morgan fingerprint density at radius 2 is 1.88 bits per heavy atom. The van der Waals surface area contributed by atoms with Crippen molar-refractivity contribution < 1.29 is 14.6 Å². The number of aromatic carboxylic acids is 1. The van der Waals surface area contributed by atoms with Gasteiger partial charge in [-0.2, -0.15) is 0 Å². The Kier molecular flexibility index (Phi) is 6.89. The van der Waals surface area contributed by atoms with E-state index in [9.17, 15) is 9.90 Å². The second kappa shape index (κ2) is 10.2. The van der Waals surface area contributed by atoms with Crippen LogP contribution in [0.1, 0.15) is 27.0 Å². The van der Waals surface area contributed by atoms with Crippen molar-refractivity contribution in [3.63, 3.8) is 0 Å². The van der Waals surface area contributed by atoms with Crippen LogP contribution in [-0.4, -0.2) is 48.3 Å². The molecule has 0 aliphatic rings. The van der Waals surface area contributed by atoms with Crippen LogP contribution in [-0.2, 0) is 11.3 Å². The number of aromatic amines is 1. The molecule has 1 heterocycles. The second-order valence-corrected chi connectivity index (χ2v) is 7.99. The number of aromatic nitrogens is 1. The van der Waals surface area contributed by atoms with Crippen molar-refractivity contribution in [3.05, 3.63) is 95.2 Å². The predicted molar refractivity (Wildman–Crippen MR) is 131 cm³/mol. The first-order chi connectivity index (χ1) is 16.0. The normalized spacial score (nSPS) is 10.9. The molecule has 33 heavy (non-hydrogen) atoms. The van der Waals surface area contributed by atoms with E-state index in [2.05, 4.69) is 40.9 Å². The molecule has 0 unspecified atom stereocenters. The van der Waals surface area contributed by atoms with E-state index in [1.807, 2.05) is 48.7 Å². The summed E-state index contributed by atoms with van der Waals surface area (Å²) in [6.07, 6.45) is 1.87. The predicted octanol–water partition coefficient (Wildman–Crippen LogP) is 5.01. The van der Waals surface area contributed by atoms with Crippen molar-refractivity contribution in [2.75, 3.05) is 27.3 Å². The number of carboxylic acids is 1. The minimum absolute atomic E-state index is 0.238. The quantitative estimate of drug-likeness (QED) is 0.398. The van der Waals surface area contributed by atoms with Crippen molar-refractivity contribution in [2.45, 2.75) is 6.54 Å². The van der Waals surface area contributed by atoms with Crippen LogP contribution in [0.3, 0.4) is 0 Å². The van der Waals surface area contributed by atoms with E-state index >= 15 is 0 Å². The van der Waals surface area contributed by atoms with Crippen LogP contribution in [0.25, 0.3) is 22.0 Å². The number of methoxy groups -OCH3 is 1. The van der Waals surface area contributed by atoms with E-state index in [0.717, 1.165) is 35.1 Å². The summed E-state index contributed by atoms with van der Waals surface area (Å²) in [7, 11) is 3.77. The lowest BCUT2D eigenvalue weighted by molar-refractivity contribution is 0.0697. The summed E-state index contributed by atoms with van der Waals surface area (Å²) in [4.78, 5) is 17.4. The maximum Gasteiger partial charge on any atom is 0.336 e. The molecule has 166 valence electrons. The Labute approximate surface area is 193 Å². The van der Waals surface area contributed by atoms with Gasteiger partial charge < -0.3 is 14.8 Å². The van der Waals surface area contributed by atoms with Gasteiger partial charge in [-0.05, 0) is 60.0 Å².